The molecule has 0 aliphatic carbocycles. The Kier molecular flexibility index (Phi) is 7.42. The average Bonchev–Trinajstić information content (AvgIpc) is 2.56. The number of carbonyl (C=O) groups is 3. The van der Waals surface area contributed by atoms with Crippen LogP contribution in [0.25, 0.3) is 0 Å². The number of hydrogen-bond donors (Lipinski definition) is 3. The van der Waals surface area contributed by atoms with E-state index in [4.69, 9.17) is 5.73 Å². The van der Waals surface area contributed by atoms with E-state index in [0.717, 1.165) is 0 Å². The van der Waals surface area contributed by atoms with Gasteiger partial charge in [0.25, 0.3) is 0 Å². The van der Waals surface area contributed by atoms with Crippen molar-refractivity contribution >= 4 is 17.7 Å². The number of nitrogens with one attached hydrogen (secondary N) is 2. The summed E-state index contributed by atoms with van der Waals surface area (Å²) < 4.78 is 0. The summed E-state index contributed by atoms with van der Waals surface area (Å²) in [6.45, 7) is 5.59. The molecule has 0 fully saturated rings. The van der Waals surface area contributed by atoms with Crippen LogP contribution in [0, 0.1) is 17.8 Å². The number of rotatable bonds is 8. The van der Waals surface area contributed by atoms with E-state index in [9.17, 15) is 14.4 Å². The predicted octanol–water partition coefficient (Wildman–Crippen LogP) is 1.37. The molecule has 24 heavy (non-hydrogen) atoms. The standard InChI is InChI=1S/C18H27N3O3/c1-11(2)10-14(12(3)16(19)22)17(23)21-15(18(24)20-4)13-8-6-5-7-9-13/h5-9,11-12,14-15H,10H2,1-4H3,(H2,19,22)(H,20,24)(H,21,23)/t12?,14?,15-/m0/s1. The fourth-order valence-electron chi connectivity index (χ4n) is 2.58. The van der Waals surface area contributed by atoms with Crippen LogP contribution in [0.1, 0.15) is 38.8 Å². The maximum atomic E-state index is 12.7. The lowest BCUT2D eigenvalue weighted by atomic mass is 9.85. The van der Waals surface area contributed by atoms with Crippen LogP contribution in [0.4, 0.5) is 0 Å². The first-order chi connectivity index (χ1) is 11.3. The van der Waals surface area contributed by atoms with Crippen molar-refractivity contribution < 1.29 is 14.4 Å². The number of primary amides is 1. The summed E-state index contributed by atoms with van der Waals surface area (Å²) in [5, 5.41) is 5.32. The molecule has 6 heteroatoms. The van der Waals surface area contributed by atoms with E-state index >= 15 is 0 Å². The van der Waals surface area contributed by atoms with Gasteiger partial charge in [0.2, 0.25) is 17.7 Å². The smallest absolute Gasteiger partial charge is 0.246 e. The molecule has 1 rings (SSSR count). The van der Waals surface area contributed by atoms with Crippen molar-refractivity contribution in [2.45, 2.75) is 33.2 Å². The quantitative estimate of drug-likeness (QED) is 0.669. The maximum absolute atomic E-state index is 12.7. The lowest BCUT2D eigenvalue weighted by Crippen LogP contribution is -2.45. The molecule has 0 aromatic heterocycles. The molecule has 3 amide bonds. The molecule has 0 radical (unpaired) electrons. The first kappa shape index (κ1) is 19.7. The Labute approximate surface area is 143 Å². The Bertz CT molecular complexity index is 572. The number of likely N-dealkylation sites (N-methyl/N-ethyl adjacent to an activating group) is 1. The van der Waals surface area contributed by atoms with E-state index in [2.05, 4.69) is 10.6 Å². The van der Waals surface area contributed by atoms with Crippen LogP contribution >= 0.6 is 0 Å². The normalized spacial score (nSPS) is 14.5. The van der Waals surface area contributed by atoms with Gasteiger partial charge in [-0.25, -0.2) is 0 Å². The van der Waals surface area contributed by atoms with Crippen LogP contribution in [0.2, 0.25) is 0 Å². The fraction of sp³-hybridized carbons (Fsp3) is 0.500. The van der Waals surface area contributed by atoms with Crippen LogP contribution in [-0.2, 0) is 14.4 Å². The Morgan fingerprint density at radius 2 is 1.62 bits per heavy atom. The molecular weight excluding hydrogens is 306 g/mol. The molecule has 1 aromatic carbocycles. The largest absolute Gasteiger partial charge is 0.369 e. The Hall–Kier alpha value is -2.37. The molecule has 0 saturated heterocycles. The molecule has 132 valence electrons. The van der Waals surface area contributed by atoms with Crippen LogP contribution in [0.5, 0.6) is 0 Å². The van der Waals surface area contributed by atoms with Gasteiger partial charge in [-0.3, -0.25) is 14.4 Å². The highest BCUT2D eigenvalue weighted by Gasteiger charge is 2.32. The highest BCUT2D eigenvalue weighted by molar-refractivity contribution is 5.91. The zero-order chi connectivity index (χ0) is 18.3. The summed E-state index contributed by atoms with van der Waals surface area (Å²) in [5.74, 6) is -2.13. The molecule has 0 spiro atoms. The minimum atomic E-state index is -0.807. The van der Waals surface area contributed by atoms with E-state index < -0.39 is 23.8 Å². The number of benzene rings is 1. The van der Waals surface area contributed by atoms with Crippen LogP contribution in [0.3, 0.4) is 0 Å². The number of nitrogens with two attached hydrogens (primary N) is 1. The van der Waals surface area contributed by atoms with Gasteiger partial charge in [-0.2, -0.15) is 0 Å². The van der Waals surface area contributed by atoms with Gasteiger partial charge in [0.1, 0.15) is 6.04 Å². The van der Waals surface area contributed by atoms with Crippen molar-refractivity contribution in [3.05, 3.63) is 35.9 Å². The van der Waals surface area contributed by atoms with Gasteiger partial charge in [-0.1, -0.05) is 51.1 Å². The van der Waals surface area contributed by atoms with E-state index in [1.807, 2.05) is 19.9 Å². The first-order valence-electron chi connectivity index (χ1n) is 8.14. The van der Waals surface area contributed by atoms with Crippen LogP contribution < -0.4 is 16.4 Å². The van der Waals surface area contributed by atoms with Crippen LogP contribution in [-0.4, -0.2) is 24.8 Å². The molecule has 4 N–H and O–H groups in total. The second kappa shape index (κ2) is 9.05. The van der Waals surface area contributed by atoms with E-state index in [-0.39, 0.29) is 17.7 Å². The van der Waals surface area contributed by atoms with E-state index in [0.29, 0.717) is 12.0 Å². The summed E-state index contributed by atoms with van der Waals surface area (Å²) in [7, 11) is 1.52. The van der Waals surface area contributed by atoms with Crippen molar-refractivity contribution in [1.82, 2.24) is 10.6 Å². The predicted molar refractivity (Wildman–Crippen MR) is 92.7 cm³/mol. The van der Waals surface area contributed by atoms with Gasteiger partial charge in [-0.15, -0.1) is 0 Å². The first-order valence-corrected chi connectivity index (χ1v) is 8.14. The lowest BCUT2D eigenvalue weighted by Gasteiger charge is -2.26. The van der Waals surface area contributed by atoms with E-state index in [1.165, 1.54) is 7.05 Å². The Morgan fingerprint density at radius 1 is 1.04 bits per heavy atom. The second-order valence-corrected chi connectivity index (χ2v) is 6.39. The molecule has 3 atom stereocenters. The third-order valence-corrected chi connectivity index (χ3v) is 4.04. The van der Waals surface area contributed by atoms with E-state index in [1.54, 1.807) is 31.2 Å². The lowest BCUT2D eigenvalue weighted by molar-refractivity contribution is -0.135. The molecule has 1 aromatic rings. The number of carbonyl (C=O) groups excluding carboxylic acids is 3. The van der Waals surface area contributed by atoms with Gasteiger partial charge < -0.3 is 16.4 Å². The number of amides is 3. The van der Waals surface area contributed by atoms with Crippen molar-refractivity contribution in [2.75, 3.05) is 7.05 Å². The summed E-state index contributed by atoms with van der Waals surface area (Å²) in [6, 6.07) is 8.18. The Morgan fingerprint density at radius 3 is 2.08 bits per heavy atom. The van der Waals surface area contributed by atoms with Gasteiger partial charge in [0.05, 0.1) is 0 Å². The highest BCUT2D eigenvalue weighted by atomic mass is 16.2. The molecule has 2 unspecified atom stereocenters. The Balaban J connectivity index is 3.03. The third kappa shape index (κ3) is 5.37. The third-order valence-electron chi connectivity index (χ3n) is 4.04. The zero-order valence-corrected chi connectivity index (χ0v) is 14.7. The van der Waals surface area contributed by atoms with Gasteiger partial charge in [0.15, 0.2) is 0 Å². The van der Waals surface area contributed by atoms with Crippen molar-refractivity contribution in [1.29, 1.82) is 0 Å². The second-order valence-electron chi connectivity index (χ2n) is 6.39. The maximum Gasteiger partial charge on any atom is 0.246 e. The minimum absolute atomic E-state index is 0.220. The molecule has 6 nitrogen and oxygen atoms in total. The molecule has 0 aliphatic rings. The number of hydrogen-bond acceptors (Lipinski definition) is 3. The summed E-state index contributed by atoms with van der Waals surface area (Å²) in [5.41, 5.74) is 6.06. The molecule has 0 saturated carbocycles. The SMILES string of the molecule is CNC(=O)[C@@H](NC(=O)C(CC(C)C)C(C)C(N)=O)c1ccccc1. The summed E-state index contributed by atoms with van der Waals surface area (Å²) in [6.07, 6.45) is 0.519. The molecule has 0 bridgehead atoms. The van der Waals surface area contributed by atoms with Crippen molar-refractivity contribution in [2.24, 2.45) is 23.5 Å². The van der Waals surface area contributed by atoms with Gasteiger partial charge in [0, 0.05) is 18.9 Å². The summed E-state index contributed by atoms with van der Waals surface area (Å²) in [4.78, 5) is 36.4. The van der Waals surface area contributed by atoms with Crippen molar-refractivity contribution in [3.8, 4) is 0 Å². The van der Waals surface area contributed by atoms with Gasteiger partial charge in [-0.05, 0) is 17.9 Å². The molecule has 0 heterocycles. The monoisotopic (exact) mass is 333 g/mol. The molecular formula is C18H27N3O3. The summed E-state index contributed by atoms with van der Waals surface area (Å²) >= 11 is 0. The minimum Gasteiger partial charge on any atom is -0.369 e. The van der Waals surface area contributed by atoms with Gasteiger partial charge >= 0.3 is 0 Å². The topological polar surface area (TPSA) is 101 Å². The average molecular weight is 333 g/mol. The van der Waals surface area contributed by atoms with Crippen molar-refractivity contribution in [3.63, 3.8) is 0 Å². The molecule has 0 aliphatic heterocycles. The fourth-order valence-corrected chi connectivity index (χ4v) is 2.58. The highest BCUT2D eigenvalue weighted by Crippen LogP contribution is 2.23. The van der Waals surface area contributed by atoms with Crippen LogP contribution in [0.15, 0.2) is 30.3 Å². The zero-order valence-electron chi connectivity index (χ0n) is 14.7.